The number of aryl methyl sites for hydroxylation is 1. The summed E-state index contributed by atoms with van der Waals surface area (Å²) in [5.74, 6) is 0. The second-order valence-corrected chi connectivity index (χ2v) is 5.13. The van der Waals surface area contributed by atoms with Crippen molar-refractivity contribution in [2.45, 2.75) is 13.5 Å². The van der Waals surface area contributed by atoms with Crippen LogP contribution in [0.15, 0.2) is 36.7 Å². The van der Waals surface area contributed by atoms with Crippen LogP contribution in [0.5, 0.6) is 0 Å². The lowest BCUT2D eigenvalue weighted by Crippen LogP contribution is -2.02. The van der Waals surface area contributed by atoms with Gasteiger partial charge >= 0.3 is 0 Å². The van der Waals surface area contributed by atoms with Crippen molar-refractivity contribution >= 4 is 28.2 Å². The Bertz CT molecular complexity index is 764. The summed E-state index contributed by atoms with van der Waals surface area (Å²) in [6.07, 6.45) is 3.64. The van der Waals surface area contributed by atoms with E-state index in [1.54, 1.807) is 6.20 Å². The zero-order valence-corrected chi connectivity index (χ0v) is 12.1. The molecule has 1 N–H and O–H groups in total. The predicted octanol–water partition coefficient (Wildman–Crippen LogP) is 3.54. The van der Waals surface area contributed by atoms with Gasteiger partial charge in [0.25, 0.3) is 0 Å². The Morgan fingerprint density at radius 3 is 2.90 bits per heavy atom. The van der Waals surface area contributed by atoms with Crippen molar-refractivity contribution in [3.63, 3.8) is 0 Å². The molecule has 0 unspecified atom stereocenters. The molecule has 0 bridgehead atoms. The Balaban J connectivity index is 1.92. The first-order valence-corrected chi connectivity index (χ1v) is 6.79. The van der Waals surface area contributed by atoms with E-state index in [1.807, 2.05) is 42.2 Å². The van der Waals surface area contributed by atoms with Gasteiger partial charge in [-0.1, -0.05) is 11.6 Å². The molecule has 20 heavy (non-hydrogen) atoms. The summed E-state index contributed by atoms with van der Waals surface area (Å²) in [6, 6.07) is 7.79. The molecule has 0 radical (unpaired) electrons. The van der Waals surface area contributed by atoms with Gasteiger partial charge in [-0.2, -0.15) is 5.10 Å². The molecule has 4 nitrogen and oxygen atoms in total. The van der Waals surface area contributed by atoms with Crippen molar-refractivity contribution in [3.8, 4) is 0 Å². The Labute approximate surface area is 122 Å². The maximum atomic E-state index is 6.17. The van der Waals surface area contributed by atoms with E-state index in [4.69, 9.17) is 11.6 Å². The number of halogens is 1. The normalized spacial score (nSPS) is 10.9. The fraction of sp³-hybridized carbons (Fsp3) is 0.200. The number of nitrogens with zero attached hydrogens (tertiary/aromatic N) is 3. The van der Waals surface area contributed by atoms with Crippen molar-refractivity contribution in [1.29, 1.82) is 0 Å². The molecule has 0 aliphatic carbocycles. The minimum atomic E-state index is 0.670. The minimum Gasteiger partial charge on any atom is -0.380 e. The molecule has 0 saturated heterocycles. The third kappa shape index (κ3) is 2.23. The van der Waals surface area contributed by atoms with E-state index in [-0.39, 0.29) is 0 Å². The molecule has 2 heterocycles. The monoisotopic (exact) mass is 286 g/mol. The predicted molar refractivity (Wildman–Crippen MR) is 82.0 cm³/mol. The van der Waals surface area contributed by atoms with Crippen LogP contribution in [0.25, 0.3) is 10.9 Å². The molecule has 3 aromatic rings. The number of rotatable bonds is 3. The van der Waals surface area contributed by atoms with Crippen LogP contribution in [0, 0.1) is 6.92 Å². The maximum Gasteiger partial charge on any atom is 0.0908 e. The third-order valence-corrected chi connectivity index (χ3v) is 3.83. The summed E-state index contributed by atoms with van der Waals surface area (Å²) in [7, 11) is 1.94. The van der Waals surface area contributed by atoms with Gasteiger partial charge < -0.3 is 5.32 Å². The first-order valence-electron chi connectivity index (χ1n) is 6.41. The summed E-state index contributed by atoms with van der Waals surface area (Å²) in [5.41, 5.74) is 4.19. The Morgan fingerprint density at radius 1 is 1.30 bits per heavy atom. The fourth-order valence-electron chi connectivity index (χ4n) is 2.20. The van der Waals surface area contributed by atoms with E-state index in [9.17, 15) is 0 Å². The molecular weight excluding hydrogens is 272 g/mol. The van der Waals surface area contributed by atoms with Crippen LogP contribution in [-0.2, 0) is 13.6 Å². The van der Waals surface area contributed by atoms with E-state index in [2.05, 4.69) is 22.3 Å². The van der Waals surface area contributed by atoms with E-state index in [1.165, 1.54) is 5.56 Å². The van der Waals surface area contributed by atoms with Crippen molar-refractivity contribution in [1.82, 2.24) is 14.8 Å². The number of benzene rings is 1. The van der Waals surface area contributed by atoms with Gasteiger partial charge in [-0.05, 0) is 31.2 Å². The first kappa shape index (κ1) is 12.9. The molecule has 0 aliphatic heterocycles. The highest BCUT2D eigenvalue weighted by atomic mass is 35.5. The van der Waals surface area contributed by atoms with Gasteiger partial charge in [-0.25, -0.2) is 0 Å². The topological polar surface area (TPSA) is 42.7 Å². The standard InChI is InChI=1S/C15H15ClN4/c1-10-11(9-19-20(10)2)8-18-14-6-5-13(16)15-12(14)4-3-7-17-15/h3-7,9,18H,8H2,1-2H3. The van der Waals surface area contributed by atoms with E-state index >= 15 is 0 Å². The van der Waals surface area contributed by atoms with Crippen LogP contribution in [0.3, 0.4) is 0 Å². The minimum absolute atomic E-state index is 0.670. The van der Waals surface area contributed by atoms with Crippen molar-refractivity contribution in [2.75, 3.05) is 5.32 Å². The first-order chi connectivity index (χ1) is 9.66. The van der Waals surface area contributed by atoms with Crippen molar-refractivity contribution in [3.05, 3.63) is 52.9 Å². The van der Waals surface area contributed by atoms with Gasteiger partial charge in [0, 0.05) is 42.1 Å². The SMILES string of the molecule is Cc1c(CNc2ccc(Cl)c3ncccc23)cnn1C. The van der Waals surface area contributed by atoms with Gasteiger partial charge in [0.05, 0.1) is 16.7 Å². The quantitative estimate of drug-likeness (QED) is 0.801. The average Bonchev–Trinajstić information content (AvgIpc) is 2.79. The van der Waals surface area contributed by atoms with Gasteiger partial charge in [0.1, 0.15) is 0 Å². The van der Waals surface area contributed by atoms with Gasteiger partial charge in [-0.3, -0.25) is 9.67 Å². The molecule has 2 aromatic heterocycles. The number of pyridine rings is 1. The molecule has 0 spiro atoms. The summed E-state index contributed by atoms with van der Waals surface area (Å²) >= 11 is 6.17. The highest BCUT2D eigenvalue weighted by Gasteiger charge is 2.07. The lowest BCUT2D eigenvalue weighted by molar-refractivity contribution is 0.738. The summed E-state index contributed by atoms with van der Waals surface area (Å²) in [5, 5.41) is 9.38. The zero-order chi connectivity index (χ0) is 14.1. The number of nitrogens with one attached hydrogen (secondary N) is 1. The largest absolute Gasteiger partial charge is 0.380 e. The number of aromatic nitrogens is 3. The van der Waals surface area contributed by atoms with Crippen LogP contribution in [0.4, 0.5) is 5.69 Å². The van der Waals surface area contributed by atoms with E-state index in [0.717, 1.165) is 28.8 Å². The highest BCUT2D eigenvalue weighted by Crippen LogP contribution is 2.28. The van der Waals surface area contributed by atoms with E-state index in [0.29, 0.717) is 5.02 Å². The summed E-state index contributed by atoms with van der Waals surface area (Å²) in [4.78, 5) is 4.33. The van der Waals surface area contributed by atoms with Gasteiger partial charge in [0.2, 0.25) is 0 Å². The van der Waals surface area contributed by atoms with Crippen LogP contribution in [0.1, 0.15) is 11.3 Å². The molecule has 0 amide bonds. The molecule has 0 fully saturated rings. The molecule has 5 heteroatoms. The van der Waals surface area contributed by atoms with Gasteiger partial charge in [-0.15, -0.1) is 0 Å². The number of hydrogen-bond acceptors (Lipinski definition) is 3. The van der Waals surface area contributed by atoms with Gasteiger partial charge in [0.15, 0.2) is 0 Å². The van der Waals surface area contributed by atoms with Crippen LogP contribution in [0.2, 0.25) is 5.02 Å². The summed E-state index contributed by atoms with van der Waals surface area (Å²) in [6.45, 7) is 2.79. The molecule has 0 atom stereocenters. The second-order valence-electron chi connectivity index (χ2n) is 4.73. The highest BCUT2D eigenvalue weighted by molar-refractivity contribution is 6.35. The Morgan fingerprint density at radius 2 is 2.15 bits per heavy atom. The van der Waals surface area contributed by atoms with Crippen molar-refractivity contribution in [2.24, 2.45) is 7.05 Å². The molecule has 0 aliphatic rings. The molecular formula is C15H15ClN4. The number of fused-ring (bicyclic) bond motifs is 1. The molecule has 102 valence electrons. The summed E-state index contributed by atoms with van der Waals surface area (Å²) < 4.78 is 1.87. The Hall–Kier alpha value is -2.07. The molecule has 0 saturated carbocycles. The lowest BCUT2D eigenvalue weighted by Gasteiger charge is -2.10. The van der Waals surface area contributed by atoms with Crippen molar-refractivity contribution < 1.29 is 0 Å². The van der Waals surface area contributed by atoms with E-state index < -0.39 is 0 Å². The lowest BCUT2D eigenvalue weighted by atomic mass is 10.1. The second kappa shape index (κ2) is 5.13. The fourth-order valence-corrected chi connectivity index (χ4v) is 2.41. The Kier molecular flexibility index (Phi) is 3.32. The molecule has 1 aromatic carbocycles. The smallest absolute Gasteiger partial charge is 0.0908 e. The number of hydrogen-bond donors (Lipinski definition) is 1. The van der Waals surface area contributed by atoms with Crippen LogP contribution < -0.4 is 5.32 Å². The molecule has 3 rings (SSSR count). The van der Waals surface area contributed by atoms with Crippen LogP contribution >= 0.6 is 11.6 Å². The number of anilines is 1. The van der Waals surface area contributed by atoms with Crippen LogP contribution in [-0.4, -0.2) is 14.8 Å². The third-order valence-electron chi connectivity index (χ3n) is 3.53. The average molecular weight is 287 g/mol. The maximum absolute atomic E-state index is 6.17. The zero-order valence-electron chi connectivity index (χ0n) is 11.4.